The van der Waals surface area contributed by atoms with Gasteiger partial charge in [-0.2, -0.15) is 0 Å². The highest BCUT2D eigenvalue weighted by Gasteiger charge is 2.28. The average molecular weight is 436 g/mol. The van der Waals surface area contributed by atoms with E-state index >= 15 is 0 Å². The molecule has 1 N–H and O–H groups in total. The summed E-state index contributed by atoms with van der Waals surface area (Å²) in [5.41, 5.74) is 5.61. The number of nitrogens with one attached hydrogen (secondary N) is 1. The van der Waals surface area contributed by atoms with Crippen molar-refractivity contribution in [1.82, 2.24) is 4.72 Å². The fourth-order valence-corrected chi connectivity index (χ4v) is 5.29. The SMILES string of the molecule is Cc1cccc(S(=O)(=O)NCC(c2ccc(N(C)C)cc2)N2CCc3ccccc32)c1. The van der Waals surface area contributed by atoms with Crippen LogP contribution in [0.3, 0.4) is 0 Å². The second-order valence-corrected chi connectivity index (χ2v) is 10.0. The van der Waals surface area contributed by atoms with Gasteiger partial charge in [0.1, 0.15) is 0 Å². The standard InChI is InChI=1S/C25H29N3O2S/c1-19-7-6-9-23(17-19)31(29,30)26-18-25(21-11-13-22(14-12-21)27(2)3)28-16-15-20-8-4-5-10-24(20)28/h4-14,17,25-26H,15-16,18H2,1-3H3. The van der Waals surface area contributed by atoms with Crippen LogP contribution in [0, 0.1) is 6.92 Å². The number of sulfonamides is 1. The zero-order valence-electron chi connectivity index (χ0n) is 18.2. The molecule has 162 valence electrons. The lowest BCUT2D eigenvalue weighted by molar-refractivity contribution is 0.563. The molecule has 4 rings (SSSR count). The molecule has 0 bridgehead atoms. The Morgan fingerprint density at radius 2 is 1.74 bits per heavy atom. The maximum atomic E-state index is 13.0. The zero-order valence-corrected chi connectivity index (χ0v) is 19.1. The van der Waals surface area contributed by atoms with Crippen LogP contribution in [0.15, 0.2) is 77.7 Å². The van der Waals surface area contributed by atoms with Crippen molar-refractivity contribution in [3.8, 4) is 0 Å². The van der Waals surface area contributed by atoms with Crippen molar-refractivity contribution in [2.45, 2.75) is 24.3 Å². The fourth-order valence-electron chi connectivity index (χ4n) is 4.14. The van der Waals surface area contributed by atoms with Crippen molar-refractivity contribution in [3.63, 3.8) is 0 Å². The fraction of sp³-hybridized carbons (Fsp3) is 0.280. The smallest absolute Gasteiger partial charge is 0.240 e. The maximum absolute atomic E-state index is 13.0. The summed E-state index contributed by atoms with van der Waals surface area (Å²) in [7, 11) is 0.427. The van der Waals surface area contributed by atoms with Crippen LogP contribution in [0.4, 0.5) is 11.4 Å². The molecule has 0 fully saturated rings. The summed E-state index contributed by atoms with van der Waals surface area (Å²) in [6, 6.07) is 23.7. The van der Waals surface area contributed by atoms with Crippen molar-refractivity contribution < 1.29 is 8.42 Å². The van der Waals surface area contributed by atoms with Crippen molar-refractivity contribution in [3.05, 3.63) is 89.5 Å². The molecule has 0 spiro atoms. The largest absolute Gasteiger partial charge is 0.378 e. The average Bonchev–Trinajstić information content (AvgIpc) is 3.18. The Morgan fingerprint density at radius 1 is 1.00 bits per heavy atom. The van der Waals surface area contributed by atoms with Gasteiger partial charge in [0.15, 0.2) is 0 Å². The van der Waals surface area contributed by atoms with Crippen molar-refractivity contribution in [1.29, 1.82) is 0 Å². The minimum Gasteiger partial charge on any atom is -0.378 e. The summed E-state index contributed by atoms with van der Waals surface area (Å²) in [6.07, 6.45) is 0.965. The van der Waals surface area contributed by atoms with Gasteiger partial charge in [0, 0.05) is 38.6 Å². The number of para-hydroxylation sites is 1. The number of fused-ring (bicyclic) bond motifs is 1. The van der Waals surface area contributed by atoms with Crippen LogP contribution in [0.1, 0.15) is 22.7 Å². The summed E-state index contributed by atoms with van der Waals surface area (Å²) < 4.78 is 28.8. The normalized spacial score (nSPS) is 14.4. The molecule has 31 heavy (non-hydrogen) atoms. The molecule has 1 unspecified atom stereocenters. The molecular weight excluding hydrogens is 406 g/mol. The minimum absolute atomic E-state index is 0.0977. The van der Waals surface area contributed by atoms with Crippen LogP contribution in [-0.4, -0.2) is 35.6 Å². The van der Waals surface area contributed by atoms with Gasteiger partial charge in [-0.3, -0.25) is 0 Å². The van der Waals surface area contributed by atoms with E-state index in [0.717, 1.165) is 29.8 Å². The Balaban J connectivity index is 1.64. The lowest BCUT2D eigenvalue weighted by atomic mass is 10.0. The molecular formula is C25H29N3O2S. The molecule has 0 aromatic heterocycles. The molecule has 0 aliphatic carbocycles. The van der Waals surface area contributed by atoms with Gasteiger partial charge in [-0.15, -0.1) is 0 Å². The molecule has 0 saturated carbocycles. The van der Waals surface area contributed by atoms with Gasteiger partial charge in [-0.1, -0.05) is 42.5 Å². The summed E-state index contributed by atoms with van der Waals surface area (Å²) in [6.45, 7) is 3.06. The van der Waals surface area contributed by atoms with E-state index in [0.29, 0.717) is 11.4 Å². The summed E-state index contributed by atoms with van der Waals surface area (Å²) in [5, 5.41) is 0. The quantitative estimate of drug-likeness (QED) is 0.606. The second-order valence-electron chi connectivity index (χ2n) is 8.24. The molecule has 1 aliphatic rings. The summed E-state index contributed by atoms with van der Waals surface area (Å²) in [5.74, 6) is 0. The number of hydrogen-bond donors (Lipinski definition) is 1. The Kier molecular flexibility index (Phi) is 6.03. The van der Waals surface area contributed by atoms with Crippen molar-refractivity contribution in [2.75, 3.05) is 37.0 Å². The molecule has 1 heterocycles. The van der Waals surface area contributed by atoms with E-state index in [1.165, 1.54) is 11.3 Å². The van der Waals surface area contributed by atoms with E-state index in [4.69, 9.17) is 0 Å². The number of aryl methyl sites for hydroxylation is 1. The van der Waals surface area contributed by atoms with Gasteiger partial charge in [0.05, 0.1) is 10.9 Å². The van der Waals surface area contributed by atoms with E-state index < -0.39 is 10.0 Å². The molecule has 0 saturated heterocycles. The van der Waals surface area contributed by atoms with Gasteiger partial charge < -0.3 is 9.80 Å². The number of rotatable bonds is 7. The van der Waals surface area contributed by atoms with E-state index in [1.54, 1.807) is 18.2 Å². The molecule has 1 atom stereocenters. The lowest BCUT2D eigenvalue weighted by Crippen LogP contribution is -2.37. The predicted molar refractivity (Wildman–Crippen MR) is 127 cm³/mol. The number of benzene rings is 3. The first-order chi connectivity index (χ1) is 14.8. The highest BCUT2D eigenvalue weighted by molar-refractivity contribution is 7.89. The molecule has 1 aliphatic heterocycles. The van der Waals surface area contributed by atoms with Crippen LogP contribution in [0.5, 0.6) is 0 Å². The first-order valence-corrected chi connectivity index (χ1v) is 12.0. The molecule has 0 radical (unpaired) electrons. The Hall–Kier alpha value is -2.83. The third-order valence-corrected chi connectivity index (χ3v) is 7.28. The summed E-state index contributed by atoms with van der Waals surface area (Å²) in [4.78, 5) is 4.68. The molecule has 5 nitrogen and oxygen atoms in total. The lowest BCUT2D eigenvalue weighted by Gasteiger charge is -2.31. The maximum Gasteiger partial charge on any atom is 0.240 e. The van der Waals surface area contributed by atoms with Crippen LogP contribution in [-0.2, 0) is 16.4 Å². The highest BCUT2D eigenvalue weighted by Crippen LogP contribution is 2.35. The number of hydrogen-bond acceptors (Lipinski definition) is 4. The second kappa shape index (κ2) is 8.73. The molecule has 6 heteroatoms. The predicted octanol–water partition coefficient (Wildman–Crippen LogP) is 4.14. The first-order valence-electron chi connectivity index (χ1n) is 10.5. The van der Waals surface area contributed by atoms with E-state index in [9.17, 15) is 8.42 Å². The molecule has 3 aromatic carbocycles. The van der Waals surface area contributed by atoms with Gasteiger partial charge in [-0.25, -0.2) is 13.1 Å². The van der Waals surface area contributed by atoms with Gasteiger partial charge in [0.2, 0.25) is 10.0 Å². The van der Waals surface area contributed by atoms with Crippen LogP contribution >= 0.6 is 0 Å². The van der Waals surface area contributed by atoms with E-state index in [-0.39, 0.29) is 6.04 Å². The topological polar surface area (TPSA) is 52.7 Å². The van der Waals surface area contributed by atoms with Gasteiger partial charge in [0.25, 0.3) is 0 Å². The zero-order chi connectivity index (χ0) is 22.0. The highest BCUT2D eigenvalue weighted by atomic mass is 32.2. The Labute approximate surface area is 185 Å². The first kappa shape index (κ1) is 21.4. The molecule has 0 amide bonds. The Bertz CT molecular complexity index is 1160. The van der Waals surface area contributed by atoms with Crippen LogP contribution in [0.2, 0.25) is 0 Å². The van der Waals surface area contributed by atoms with Gasteiger partial charge >= 0.3 is 0 Å². The number of nitrogens with zero attached hydrogens (tertiary/aromatic N) is 2. The van der Waals surface area contributed by atoms with E-state index in [1.807, 2.05) is 33.2 Å². The third kappa shape index (κ3) is 4.60. The number of anilines is 2. The van der Waals surface area contributed by atoms with Crippen molar-refractivity contribution >= 4 is 21.4 Å². The van der Waals surface area contributed by atoms with Crippen LogP contribution < -0.4 is 14.5 Å². The monoisotopic (exact) mass is 435 g/mol. The van der Waals surface area contributed by atoms with Crippen LogP contribution in [0.25, 0.3) is 0 Å². The van der Waals surface area contributed by atoms with Crippen molar-refractivity contribution in [2.24, 2.45) is 0 Å². The van der Waals surface area contributed by atoms with Gasteiger partial charge in [-0.05, 0) is 60.4 Å². The Morgan fingerprint density at radius 3 is 2.45 bits per heavy atom. The summed E-state index contributed by atoms with van der Waals surface area (Å²) >= 11 is 0. The minimum atomic E-state index is -3.60. The third-order valence-electron chi connectivity index (χ3n) is 5.86. The van der Waals surface area contributed by atoms with E-state index in [2.05, 4.69) is 57.0 Å². The molecule has 3 aromatic rings.